The summed E-state index contributed by atoms with van der Waals surface area (Å²) in [6, 6.07) is 2.77. The van der Waals surface area contributed by atoms with E-state index in [9.17, 15) is 14.3 Å². The first kappa shape index (κ1) is 14.3. The van der Waals surface area contributed by atoms with Gasteiger partial charge in [0.05, 0.1) is 12.3 Å². The van der Waals surface area contributed by atoms with Gasteiger partial charge in [-0.05, 0) is 30.9 Å². The quantitative estimate of drug-likeness (QED) is 0.784. The molecule has 1 saturated carbocycles. The highest BCUT2D eigenvalue weighted by Crippen LogP contribution is 2.35. The van der Waals surface area contributed by atoms with Gasteiger partial charge < -0.3 is 20.1 Å². The van der Waals surface area contributed by atoms with Gasteiger partial charge in [0, 0.05) is 31.5 Å². The molecule has 0 bridgehead atoms. The predicted molar refractivity (Wildman–Crippen MR) is 76.8 cm³/mol. The van der Waals surface area contributed by atoms with Gasteiger partial charge in [0.25, 0.3) is 5.91 Å². The van der Waals surface area contributed by atoms with E-state index in [0.717, 1.165) is 6.61 Å². The van der Waals surface area contributed by atoms with Gasteiger partial charge >= 0.3 is 0 Å². The number of ether oxygens (including phenoxy) is 1. The molecule has 1 fully saturated rings. The van der Waals surface area contributed by atoms with E-state index in [-0.39, 0.29) is 0 Å². The van der Waals surface area contributed by atoms with Crippen molar-refractivity contribution in [1.82, 2.24) is 0 Å². The Morgan fingerprint density at radius 2 is 2.24 bits per heavy atom. The van der Waals surface area contributed by atoms with Gasteiger partial charge in [-0.15, -0.1) is 0 Å². The fourth-order valence-electron chi connectivity index (χ4n) is 2.40. The number of rotatable bonds is 6. The van der Waals surface area contributed by atoms with E-state index in [0.29, 0.717) is 36.0 Å². The van der Waals surface area contributed by atoms with Crippen molar-refractivity contribution in [3.05, 3.63) is 23.5 Å². The molecule has 0 aromatic heterocycles. The third-order valence-corrected chi connectivity index (χ3v) is 3.95. The van der Waals surface area contributed by atoms with Crippen molar-refractivity contribution in [3.63, 3.8) is 0 Å². The molecule has 1 aromatic carbocycles. The van der Waals surface area contributed by atoms with Crippen LogP contribution in [0.2, 0.25) is 0 Å². The highest BCUT2D eigenvalue weighted by atomic mass is 19.1. The summed E-state index contributed by atoms with van der Waals surface area (Å²) in [5.74, 6) is -0.255. The number of hydrogen-bond donors (Lipinski definition) is 2. The molecule has 1 amide bonds. The number of nitrogens with zero attached hydrogens (tertiary/aromatic N) is 1. The molecule has 0 spiro atoms. The molecule has 1 aromatic rings. The van der Waals surface area contributed by atoms with Crippen LogP contribution in [0.4, 0.5) is 15.8 Å². The molecule has 0 radical (unpaired) electrons. The number of aliphatic hydroxyl groups excluding tert-OH is 1. The molecule has 3 rings (SSSR count). The molecule has 1 unspecified atom stereocenters. The van der Waals surface area contributed by atoms with Gasteiger partial charge in [0.2, 0.25) is 0 Å². The Morgan fingerprint density at radius 3 is 2.95 bits per heavy atom. The minimum absolute atomic E-state index is 0.291. The Kier molecular flexibility index (Phi) is 3.82. The lowest BCUT2D eigenvalue weighted by molar-refractivity contribution is -0.123. The van der Waals surface area contributed by atoms with Gasteiger partial charge in [-0.25, -0.2) is 4.39 Å². The molecule has 1 heterocycles. The number of nitrogens with one attached hydrogen (secondary N) is 1. The Bertz CT molecular complexity index is 560. The second kappa shape index (κ2) is 5.61. The van der Waals surface area contributed by atoms with Crippen molar-refractivity contribution in [1.29, 1.82) is 0 Å². The topological polar surface area (TPSA) is 61.8 Å². The molecule has 2 aliphatic rings. The van der Waals surface area contributed by atoms with Gasteiger partial charge in [0.1, 0.15) is 5.82 Å². The van der Waals surface area contributed by atoms with Crippen LogP contribution in [0.15, 0.2) is 12.1 Å². The molecular formula is C15H19FN2O3. The molecule has 1 atom stereocenters. The summed E-state index contributed by atoms with van der Waals surface area (Å²) in [4.78, 5) is 13.1. The summed E-state index contributed by atoms with van der Waals surface area (Å²) in [6.07, 6.45) is 1.21. The summed E-state index contributed by atoms with van der Waals surface area (Å²) in [5.41, 5.74) is 1.15. The summed E-state index contributed by atoms with van der Waals surface area (Å²) in [5, 5.41) is 12.2. The maximum atomic E-state index is 14.1. The van der Waals surface area contributed by atoms with Gasteiger partial charge in [-0.3, -0.25) is 4.79 Å². The van der Waals surface area contributed by atoms with Crippen molar-refractivity contribution in [2.24, 2.45) is 5.92 Å². The molecule has 2 N–H and O–H groups in total. The monoisotopic (exact) mass is 294 g/mol. The Morgan fingerprint density at radius 1 is 1.48 bits per heavy atom. The molecule has 1 aliphatic heterocycles. The van der Waals surface area contributed by atoms with Crippen LogP contribution in [0, 0.1) is 11.7 Å². The Labute approximate surface area is 122 Å². The fraction of sp³-hybridized carbons (Fsp3) is 0.533. The zero-order chi connectivity index (χ0) is 15.0. The lowest BCUT2D eigenvalue weighted by Gasteiger charge is -2.21. The van der Waals surface area contributed by atoms with Crippen molar-refractivity contribution in [3.8, 4) is 0 Å². The van der Waals surface area contributed by atoms with Crippen LogP contribution in [0.25, 0.3) is 0 Å². The van der Waals surface area contributed by atoms with Crippen molar-refractivity contribution < 1.29 is 19.0 Å². The smallest absolute Gasteiger partial charge is 0.257 e. The number of likely N-dealkylation sites (N-methyl/N-ethyl adjacent to an activating group) is 1. The van der Waals surface area contributed by atoms with Crippen LogP contribution in [-0.4, -0.2) is 37.8 Å². The standard InChI is InChI=1S/C15H19FN2O3/c1-18(4-5-21-8-9-2-3-9)13-7-12-10(6-11(13)16)14(19)15(20)17-12/h6-7,9,14,19H,2-5,8H2,1H3,(H,17,20). The molecule has 1 aliphatic carbocycles. The number of amides is 1. The average molecular weight is 294 g/mol. The third kappa shape index (κ3) is 3.01. The molecular weight excluding hydrogens is 275 g/mol. The van der Waals surface area contributed by atoms with E-state index in [1.54, 1.807) is 18.0 Å². The molecule has 6 heteroatoms. The number of carbonyl (C=O) groups is 1. The summed E-state index contributed by atoms with van der Waals surface area (Å²) in [6.45, 7) is 1.89. The number of carbonyl (C=O) groups excluding carboxylic acids is 1. The minimum Gasteiger partial charge on any atom is -0.379 e. The fourth-order valence-corrected chi connectivity index (χ4v) is 2.40. The molecule has 0 saturated heterocycles. The van der Waals surface area contributed by atoms with E-state index < -0.39 is 17.8 Å². The van der Waals surface area contributed by atoms with Gasteiger partial charge in [0.15, 0.2) is 6.10 Å². The highest BCUT2D eigenvalue weighted by Gasteiger charge is 2.30. The molecule has 114 valence electrons. The second-order valence-corrected chi connectivity index (χ2v) is 5.72. The molecule has 21 heavy (non-hydrogen) atoms. The summed E-state index contributed by atoms with van der Waals surface area (Å²) in [7, 11) is 1.78. The normalized spacial score (nSPS) is 20.3. The first-order valence-corrected chi connectivity index (χ1v) is 7.17. The number of hydrogen-bond acceptors (Lipinski definition) is 4. The van der Waals surface area contributed by atoms with Crippen LogP contribution in [0.3, 0.4) is 0 Å². The van der Waals surface area contributed by atoms with Crippen LogP contribution in [0.1, 0.15) is 24.5 Å². The molecule has 5 nitrogen and oxygen atoms in total. The SMILES string of the molecule is CN(CCOCC1CC1)c1cc2c(cc1F)C(O)C(=O)N2. The van der Waals surface area contributed by atoms with Crippen LogP contribution in [-0.2, 0) is 9.53 Å². The van der Waals surface area contributed by atoms with E-state index in [1.807, 2.05) is 0 Å². The Balaban J connectivity index is 1.64. The van der Waals surface area contributed by atoms with Crippen LogP contribution < -0.4 is 10.2 Å². The zero-order valence-electron chi connectivity index (χ0n) is 11.9. The Hall–Kier alpha value is -1.66. The highest BCUT2D eigenvalue weighted by molar-refractivity contribution is 6.02. The maximum Gasteiger partial charge on any atom is 0.257 e. The van der Waals surface area contributed by atoms with Crippen molar-refractivity contribution in [2.75, 3.05) is 37.0 Å². The average Bonchev–Trinajstić information content (AvgIpc) is 3.23. The second-order valence-electron chi connectivity index (χ2n) is 5.72. The first-order valence-electron chi connectivity index (χ1n) is 7.17. The minimum atomic E-state index is -1.28. The zero-order valence-corrected chi connectivity index (χ0v) is 11.9. The maximum absolute atomic E-state index is 14.1. The van der Waals surface area contributed by atoms with E-state index >= 15 is 0 Å². The summed E-state index contributed by atoms with van der Waals surface area (Å²) < 4.78 is 19.7. The van der Waals surface area contributed by atoms with Crippen molar-refractivity contribution in [2.45, 2.75) is 18.9 Å². The van der Waals surface area contributed by atoms with E-state index in [1.165, 1.54) is 18.9 Å². The lowest BCUT2D eigenvalue weighted by atomic mass is 10.1. The number of anilines is 2. The largest absolute Gasteiger partial charge is 0.379 e. The van der Waals surface area contributed by atoms with Crippen LogP contribution in [0.5, 0.6) is 0 Å². The van der Waals surface area contributed by atoms with Gasteiger partial charge in [-0.2, -0.15) is 0 Å². The number of fused-ring (bicyclic) bond motifs is 1. The lowest BCUT2D eigenvalue weighted by Crippen LogP contribution is -2.24. The summed E-state index contributed by atoms with van der Waals surface area (Å²) >= 11 is 0. The van der Waals surface area contributed by atoms with Gasteiger partial charge in [-0.1, -0.05) is 0 Å². The predicted octanol–water partition coefficient (Wildman–Crippen LogP) is 1.67. The van der Waals surface area contributed by atoms with Crippen LogP contribution >= 0.6 is 0 Å². The number of aliphatic hydroxyl groups is 1. The third-order valence-electron chi connectivity index (χ3n) is 3.95. The van der Waals surface area contributed by atoms with Crippen molar-refractivity contribution >= 4 is 17.3 Å². The van der Waals surface area contributed by atoms with E-state index in [4.69, 9.17) is 4.74 Å². The van der Waals surface area contributed by atoms with E-state index in [2.05, 4.69) is 5.32 Å². The number of benzene rings is 1. The number of halogens is 1. The first-order chi connectivity index (χ1) is 10.1.